The molecule has 23 heavy (non-hydrogen) atoms. The van der Waals surface area contributed by atoms with Gasteiger partial charge in [-0.25, -0.2) is 0 Å². The first-order valence-electron chi connectivity index (χ1n) is 7.97. The molecule has 0 aliphatic carbocycles. The molecule has 0 fully saturated rings. The first-order chi connectivity index (χ1) is 10.9. The molecule has 0 aromatic carbocycles. The summed E-state index contributed by atoms with van der Waals surface area (Å²) in [4.78, 5) is 0. The number of aryl methyl sites for hydroxylation is 2. The second-order valence-electron chi connectivity index (χ2n) is 6.35. The molecule has 0 saturated heterocycles. The standard InChI is InChI=1S/C18H25N5/c1-13(2)23-11-10-17(22(23)6)15-8-7-9-16(20(15)4)18-12-14(3)19-21(18)5/h7-13H,1-6H3/q+2. The molecule has 120 valence electrons. The summed E-state index contributed by atoms with van der Waals surface area (Å²) in [7, 11) is 6.21. The minimum atomic E-state index is 0.432. The topological polar surface area (TPSA) is 30.5 Å². The van der Waals surface area contributed by atoms with E-state index >= 15 is 0 Å². The Morgan fingerprint density at radius 3 is 2.22 bits per heavy atom. The number of nitrogens with zero attached hydrogens (tertiary/aromatic N) is 5. The van der Waals surface area contributed by atoms with Crippen molar-refractivity contribution in [1.29, 1.82) is 0 Å². The Hall–Kier alpha value is -2.43. The molecule has 0 atom stereocenters. The molecule has 0 radical (unpaired) electrons. The smallest absolute Gasteiger partial charge is 0.235 e. The maximum Gasteiger partial charge on any atom is 0.235 e. The van der Waals surface area contributed by atoms with Gasteiger partial charge < -0.3 is 0 Å². The average Bonchev–Trinajstić information content (AvgIpc) is 3.02. The van der Waals surface area contributed by atoms with E-state index in [0.29, 0.717) is 6.04 Å². The summed E-state index contributed by atoms with van der Waals surface area (Å²) in [6.45, 7) is 6.41. The predicted octanol–water partition coefficient (Wildman–Crippen LogP) is 2.09. The maximum atomic E-state index is 4.47. The van der Waals surface area contributed by atoms with Crippen molar-refractivity contribution >= 4 is 0 Å². The third kappa shape index (κ3) is 2.56. The van der Waals surface area contributed by atoms with Gasteiger partial charge in [-0.1, -0.05) is 0 Å². The van der Waals surface area contributed by atoms with Gasteiger partial charge in [-0.05, 0) is 32.9 Å². The second kappa shape index (κ2) is 5.65. The van der Waals surface area contributed by atoms with Crippen LogP contribution in [0.15, 0.2) is 36.5 Å². The van der Waals surface area contributed by atoms with Gasteiger partial charge in [0.2, 0.25) is 11.4 Å². The van der Waals surface area contributed by atoms with Crippen LogP contribution in [0.4, 0.5) is 0 Å². The van der Waals surface area contributed by atoms with Crippen molar-refractivity contribution in [3.63, 3.8) is 0 Å². The lowest BCUT2D eigenvalue weighted by Crippen LogP contribution is -2.44. The van der Waals surface area contributed by atoms with Gasteiger partial charge in [0.05, 0.1) is 12.7 Å². The summed E-state index contributed by atoms with van der Waals surface area (Å²) in [5, 5.41) is 4.47. The number of hydrogen-bond donors (Lipinski definition) is 0. The van der Waals surface area contributed by atoms with Gasteiger partial charge in [0.25, 0.3) is 0 Å². The molecule has 0 N–H and O–H groups in total. The fraction of sp³-hybridized carbons (Fsp3) is 0.389. The highest BCUT2D eigenvalue weighted by molar-refractivity contribution is 5.56. The van der Waals surface area contributed by atoms with Crippen LogP contribution in [-0.4, -0.2) is 14.5 Å². The number of hydrogen-bond acceptors (Lipinski definition) is 1. The maximum absolute atomic E-state index is 4.47. The number of aromatic nitrogens is 5. The molecular formula is C18H25N5+2. The van der Waals surface area contributed by atoms with Crippen LogP contribution in [-0.2, 0) is 21.1 Å². The highest BCUT2D eigenvalue weighted by atomic mass is 15.4. The molecule has 0 bridgehead atoms. The highest BCUT2D eigenvalue weighted by Crippen LogP contribution is 2.20. The third-order valence-electron chi connectivity index (χ3n) is 4.37. The van der Waals surface area contributed by atoms with Gasteiger partial charge in [-0.3, -0.25) is 4.68 Å². The predicted molar refractivity (Wildman–Crippen MR) is 89.5 cm³/mol. The lowest BCUT2D eigenvalue weighted by molar-refractivity contribution is -0.789. The van der Waals surface area contributed by atoms with Crippen LogP contribution in [0.25, 0.3) is 22.8 Å². The van der Waals surface area contributed by atoms with E-state index in [-0.39, 0.29) is 0 Å². The molecule has 5 heteroatoms. The Morgan fingerprint density at radius 1 is 1.04 bits per heavy atom. The molecule has 0 unspecified atom stereocenters. The van der Waals surface area contributed by atoms with E-state index in [1.165, 1.54) is 11.4 Å². The SMILES string of the molecule is Cc1cc(-c2cccc(-c3cc[n+](C(C)C)n3C)[n+]2C)n(C)n1. The van der Waals surface area contributed by atoms with Gasteiger partial charge in [-0.15, -0.1) is 9.36 Å². The molecule has 0 saturated carbocycles. The molecule has 3 aromatic heterocycles. The summed E-state index contributed by atoms with van der Waals surface area (Å²) in [6, 6.07) is 11.1. The van der Waals surface area contributed by atoms with Crippen LogP contribution in [0, 0.1) is 6.92 Å². The van der Waals surface area contributed by atoms with Crippen LogP contribution in [0.2, 0.25) is 0 Å². The minimum absolute atomic E-state index is 0.432. The normalized spacial score (nSPS) is 11.4. The van der Waals surface area contributed by atoms with Crippen molar-refractivity contribution in [2.75, 3.05) is 0 Å². The molecule has 0 aliphatic rings. The lowest BCUT2D eigenvalue weighted by Gasteiger charge is -2.06. The van der Waals surface area contributed by atoms with E-state index in [1.54, 1.807) is 0 Å². The molecular weight excluding hydrogens is 286 g/mol. The van der Waals surface area contributed by atoms with Crippen LogP contribution in [0.3, 0.4) is 0 Å². The van der Waals surface area contributed by atoms with Gasteiger partial charge in [-0.2, -0.15) is 9.67 Å². The van der Waals surface area contributed by atoms with E-state index in [9.17, 15) is 0 Å². The summed E-state index contributed by atoms with van der Waals surface area (Å²) >= 11 is 0. The summed E-state index contributed by atoms with van der Waals surface area (Å²) in [5.41, 5.74) is 5.69. The van der Waals surface area contributed by atoms with Crippen LogP contribution in [0.5, 0.6) is 0 Å². The Bertz CT molecular complexity index is 854. The van der Waals surface area contributed by atoms with Crippen molar-refractivity contribution in [3.05, 3.63) is 42.2 Å². The van der Waals surface area contributed by atoms with E-state index in [2.05, 4.69) is 83.5 Å². The zero-order chi connectivity index (χ0) is 16.7. The van der Waals surface area contributed by atoms with Crippen molar-refractivity contribution < 1.29 is 9.25 Å². The Morgan fingerprint density at radius 2 is 1.70 bits per heavy atom. The zero-order valence-electron chi connectivity index (χ0n) is 14.8. The Kier molecular flexibility index (Phi) is 3.80. The van der Waals surface area contributed by atoms with Gasteiger partial charge >= 0.3 is 0 Å². The second-order valence-corrected chi connectivity index (χ2v) is 6.35. The summed E-state index contributed by atoms with van der Waals surface area (Å²) in [5.74, 6) is 0. The van der Waals surface area contributed by atoms with E-state index in [1.807, 2.05) is 18.7 Å². The largest absolute Gasteiger partial charge is 0.262 e. The Balaban J connectivity index is 2.16. The fourth-order valence-corrected chi connectivity index (χ4v) is 3.20. The first-order valence-corrected chi connectivity index (χ1v) is 7.97. The van der Waals surface area contributed by atoms with Crippen LogP contribution >= 0.6 is 0 Å². The van der Waals surface area contributed by atoms with Crippen molar-refractivity contribution in [3.8, 4) is 22.8 Å². The molecule has 3 aromatic rings. The van der Waals surface area contributed by atoms with Crippen molar-refractivity contribution in [2.45, 2.75) is 26.8 Å². The van der Waals surface area contributed by atoms with Gasteiger partial charge in [0.1, 0.15) is 12.7 Å². The highest BCUT2D eigenvalue weighted by Gasteiger charge is 2.24. The van der Waals surface area contributed by atoms with Gasteiger partial charge in [0.15, 0.2) is 17.9 Å². The summed E-state index contributed by atoms with van der Waals surface area (Å²) < 4.78 is 8.61. The number of rotatable bonds is 3. The van der Waals surface area contributed by atoms with E-state index in [4.69, 9.17) is 0 Å². The van der Waals surface area contributed by atoms with E-state index < -0.39 is 0 Å². The summed E-state index contributed by atoms with van der Waals surface area (Å²) in [6.07, 6.45) is 2.14. The zero-order valence-corrected chi connectivity index (χ0v) is 14.8. The average molecular weight is 311 g/mol. The minimum Gasteiger partial charge on any atom is -0.262 e. The molecule has 0 amide bonds. The van der Waals surface area contributed by atoms with Crippen LogP contribution < -0.4 is 9.25 Å². The quantitative estimate of drug-likeness (QED) is 0.681. The van der Waals surface area contributed by atoms with Crippen molar-refractivity contribution in [1.82, 2.24) is 14.5 Å². The molecule has 3 heterocycles. The lowest BCUT2D eigenvalue weighted by atomic mass is 10.2. The molecule has 0 spiro atoms. The van der Waals surface area contributed by atoms with Gasteiger partial charge in [0, 0.05) is 25.2 Å². The Labute approximate surface area is 137 Å². The molecule has 0 aliphatic heterocycles. The molecule has 5 nitrogen and oxygen atoms in total. The van der Waals surface area contributed by atoms with Crippen LogP contribution in [0.1, 0.15) is 25.6 Å². The fourth-order valence-electron chi connectivity index (χ4n) is 3.20. The molecule has 3 rings (SSSR count). The van der Waals surface area contributed by atoms with Crippen molar-refractivity contribution in [2.24, 2.45) is 21.1 Å². The third-order valence-corrected chi connectivity index (χ3v) is 4.37. The number of pyridine rings is 1. The van der Waals surface area contributed by atoms with E-state index in [0.717, 1.165) is 17.1 Å². The first kappa shape index (κ1) is 15.5. The monoisotopic (exact) mass is 311 g/mol.